The highest BCUT2D eigenvalue weighted by molar-refractivity contribution is 5.98. The van der Waals surface area contributed by atoms with Gasteiger partial charge in [0.1, 0.15) is 11.6 Å². The SMILES string of the molecule is COc1cccc(C)c1C(=O)NCc1nc2ccccc2c(=O)[nH]1. The first-order valence-electron chi connectivity index (χ1n) is 7.50. The summed E-state index contributed by atoms with van der Waals surface area (Å²) in [7, 11) is 1.52. The van der Waals surface area contributed by atoms with E-state index in [4.69, 9.17) is 4.74 Å². The second-order valence-corrected chi connectivity index (χ2v) is 5.36. The molecule has 0 saturated heterocycles. The van der Waals surface area contributed by atoms with Gasteiger partial charge in [-0.2, -0.15) is 0 Å². The van der Waals surface area contributed by atoms with E-state index in [1.807, 2.05) is 25.1 Å². The second-order valence-electron chi connectivity index (χ2n) is 5.36. The Morgan fingerprint density at radius 1 is 1.21 bits per heavy atom. The number of nitrogens with one attached hydrogen (secondary N) is 2. The number of aromatic nitrogens is 2. The van der Waals surface area contributed by atoms with Crippen LogP contribution >= 0.6 is 0 Å². The third kappa shape index (κ3) is 2.99. The van der Waals surface area contributed by atoms with Gasteiger partial charge in [-0.25, -0.2) is 4.98 Å². The van der Waals surface area contributed by atoms with Crippen LogP contribution in [0.2, 0.25) is 0 Å². The number of para-hydroxylation sites is 1. The molecule has 1 heterocycles. The van der Waals surface area contributed by atoms with Gasteiger partial charge >= 0.3 is 0 Å². The van der Waals surface area contributed by atoms with Crippen molar-refractivity contribution in [3.63, 3.8) is 0 Å². The number of methoxy groups -OCH3 is 1. The van der Waals surface area contributed by atoms with Crippen molar-refractivity contribution >= 4 is 16.8 Å². The van der Waals surface area contributed by atoms with Crippen molar-refractivity contribution in [1.82, 2.24) is 15.3 Å². The Bertz CT molecular complexity index is 963. The fourth-order valence-corrected chi connectivity index (χ4v) is 2.57. The topological polar surface area (TPSA) is 84.1 Å². The van der Waals surface area contributed by atoms with Gasteiger partial charge in [-0.05, 0) is 30.7 Å². The number of aryl methyl sites for hydroxylation is 1. The van der Waals surface area contributed by atoms with Gasteiger partial charge in [-0.3, -0.25) is 9.59 Å². The first kappa shape index (κ1) is 15.7. The summed E-state index contributed by atoms with van der Waals surface area (Å²) >= 11 is 0. The standard InChI is InChI=1S/C18H17N3O3/c1-11-6-5-9-14(24-2)16(11)18(23)19-10-15-20-13-8-4-3-7-12(13)17(22)21-15/h3-9H,10H2,1-2H3,(H,19,23)(H,20,21,22). The van der Waals surface area contributed by atoms with E-state index in [-0.39, 0.29) is 18.0 Å². The van der Waals surface area contributed by atoms with Crippen molar-refractivity contribution in [2.75, 3.05) is 7.11 Å². The molecule has 0 aliphatic heterocycles. The zero-order valence-corrected chi connectivity index (χ0v) is 13.4. The van der Waals surface area contributed by atoms with Crippen molar-refractivity contribution in [2.45, 2.75) is 13.5 Å². The average Bonchev–Trinajstić information content (AvgIpc) is 2.59. The molecule has 3 rings (SSSR count). The molecule has 0 bridgehead atoms. The van der Waals surface area contributed by atoms with Crippen LogP contribution in [0.15, 0.2) is 47.3 Å². The molecule has 6 nitrogen and oxygen atoms in total. The molecule has 0 radical (unpaired) electrons. The van der Waals surface area contributed by atoms with Crippen molar-refractivity contribution in [2.24, 2.45) is 0 Å². The molecule has 1 aromatic heterocycles. The molecule has 1 amide bonds. The Balaban J connectivity index is 1.84. The number of ether oxygens (including phenoxy) is 1. The first-order valence-corrected chi connectivity index (χ1v) is 7.50. The van der Waals surface area contributed by atoms with Crippen LogP contribution in [-0.2, 0) is 6.54 Å². The maximum Gasteiger partial charge on any atom is 0.258 e. The quantitative estimate of drug-likeness (QED) is 0.771. The van der Waals surface area contributed by atoms with Gasteiger partial charge < -0.3 is 15.0 Å². The number of carbonyl (C=O) groups excluding carboxylic acids is 1. The van der Waals surface area contributed by atoms with Gasteiger partial charge in [0, 0.05) is 0 Å². The monoisotopic (exact) mass is 323 g/mol. The summed E-state index contributed by atoms with van der Waals surface area (Å²) in [5, 5.41) is 3.29. The number of amides is 1. The van der Waals surface area contributed by atoms with Crippen LogP contribution in [0.4, 0.5) is 0 Å². The van der Waals surface area contributed by atoms with E-state index < -0.39 is 0 Å². The van der Waals surface area contributed by atoms with Crippen LogP contribution in [0.25, 0.3) is 10.9 Å². The Kier molecular flexibility index (Phi) is 4.29. The van der Waals surface area contributed by atoms with Crippen LogP contribution in [-0.4, -0.2) is 23.0 Å². The van der Waals surface area contributed by atoms with Crippen molar-refractivity contribution in [3.05, 3.63) is 69.8 Å². The molecule has 0 unspecified atom stereocenters. The molecule has 2 aromatic carbocycles. The lowest BCUT2D eigenvalue weighted by Crippen LogP contribution is -2.26. The average molecular weight is 323 g/mol. The zero-order valence-electron chi connectivity index (χ0n) is 13.4. The number of nitrogens with zero attached hydrogens (tertiary/aromatic N) is 1. The smallest absolute Gasteiger partial charge is 0.258 e. The minimum atomic E-state index is -0.277. The van der Waals surface area contributed by atoms with Crippen LogP contribution in [0.3, 0.4) is 0 Å². The molecule has 2 N–H and O–H groups in total. The Morgan fingerprint density at radius 3 is 2.79 bits per heavy atom. The van der Waals surface area contributed by atoms with Crippen molar-refractivity contribution in [1.29, 1.82) is 0 Å². The fraction of sp³-hybridized carbons (Fsp3) is 0.167. The Hall–Kier alpha value is -3.15. The molecule has 6 heteroatoms. The van der Waals surface area contributed by atoms with E-state index in [0.29, 0.717) is 28.0 Å². The summed E-state index contributed by atoms with van der Waals surface area (Å²) in [4.78, 5) is 31.5. The molecule has 0 aliphatic carbocycles. The van der Waals surface area contributed by atoms with Crippen LogP contribution in [0.5, 0.6) is 5.75 Å². The van der Waals surface area contributed by atoms with Crippen LogP contribution in [0.1, 0.15) is 21.7 Å². The summed E-state index contributed by atoms with van der Waals surface area (Å²) in [6.07, 6.45) is 0. The third-order valence-corrected chi connectivity index (χ3v) is 3.76. The highest BCUT2D eigenvalue weighted by atomic mass is 16.5. The van der Waals surface area contributed by atoms with Gasteiger partial charge in [0.05, 0.1) is 30.1 Å². The number of aromatic amines is 1. The van der Waals surface area contributed by atoms with Crippen molar-refractivity contribution in [3.8, 4) is 5.75 Å². The van der Waals surface area contributed by atoms with E-state index >= 15 is 0 Å². The molecular weight excluding hydrogens is 306 g/mol. The molecule has 0 aliphatic rings. The Morgan fingerprint density at radius 2 is 2.00 bits per heavy atom. The number of H-pyrrole nitrogens is 1. The normalized spacial score (nSPS) is 10.6. The van der Waals surface area contributed by atoms with Gasteiger partial charge in [-0.15, -0.1) is 0 Å². The van der Waals surface area contributed by atoms with E-state index in [1.165, 1.54) is 7.11 Å². The van der Waals surface area contributed by atoms with Gasteiger partial charge in [0.15, 0.2) is 0 Å². The van der Waals surface area contributed by atoms with Gasteiger partial charge in [0.2, 0.25) is 0 Å². The van der Waals surface area contributed by atoms with Crippen LogP contribution in [0, 0.1) is 6.92 Å². The minimum Gasteiger partial charge on any atom is -0.496 e. The highest BCUT2D eigenvalue weighted by Crippen LogP contribution is 2.21. The summed E-state index contributed by atoms with van der Waals surface area (Å²) in [6.45, 7) is 1.96. The Labute approximate surface area is 138 Å². The number of hydrogen-bond donors (Lipinski definition) is 2. The summed E-state index contributed by atoms with van der Waals surface area (Å²) in [5.74, 6) is 0.632. The highest BCUT2D eigenvalue weighted by Gasteiger charge is 2.15. The first-order chi connectivity index (χ1) is 11.6. The van der Waals surface area contributed by atoms with E-state index in [1.54, 1.807) is 24.3 Å². The fourth-order valence-electron chi connectivity index (χ4n) is 2.57. The number of carbonyl (C=O) groups is 1. The predicted molar refractivity (Wildman–Crippen MR) is 91.3 cm³/mol. The lowest BCUT2D eigenvalue weighted by atomic mass is 10.1. The van der Waals surface area contributed by atoms with Crippen molar-refractivity contribution < 1.29 is 9.53 Å². The van der Waals surface area contributed by atoms with Gasteiger partial charge in [-0.1, -0.05) is 24.3 Å². The second kappa shape index (κ2) is 6.54. The lowest BCUT2D eigenvalue weighted by Gasteiger charge is -2.11. The molecule has 0 saturated carbocycles. The number of rotatable bonds is 4. The lowest BCUT2D eigenvalue weighted by molar-refractivity contribution is 0.0946. The molecule has 24 heavy (non-hydrogen) atoms. The molecule has 0 spiro atoms. The number of fused-ring (bicyclic) bond motifs is 1. The number of benzene rings is 2. The molecule has 0 fully saturated rings. The maximum absolute atomic E-state index is 12.5. The number of hydrogen-bond acceptors (Lipinski definition) is 4. The molecule has 3 aromatic rings. The predicted octanol–water partition coefficient (Wildman–Crippen LogP) is 2.17. The third-order valence-electron chi connectivity index (χ3n) is 3.76. The van der Waals surface area contributed by atoms with Gasteiger partial charge in [0.25, 0.3) is 11.5 Å². The summed E-state index contributed by atoms with van der Waals surface area (Å²) < 4.78 is 5.24. The van der Waals surface area contributed by atoms with Crippen LogP contribution < -0.4 is 15.6 Å². The summed E-state index contributed by atoms with van der Waals surface area (Å²) in [5.41, 5.74) is 1.66. The molecular formula is C18H17N3O3. The largest absolute Gasteiger partial charge is 0.496 e. The molecule has 0 atom stereocenters. The minimum absolute atomic E-state index is 0.121. The molecule has 122 valence electrons. The summed E-state index contributed by atoms with van der Waals surface area (Å²) in [6, 6.07) is 12.5. The van der Waals surface area contributed by atoms with E-state index in [2.05, 4.69) is 15.3 Å². The maximum atomic E-state index is 12.5. The van der Waals surface area contributed by atoms with E-state index in [0.717, 1.165) is 5.56 Å². The zero-order chi connectivity index (χ0) is 17.1. The van der Waals surface area contributed by atoms with E-state index in [9.17, 15) is 9.59 Å².